The lowest BCUT2D eigenvalue weighted by Gasteiger charge is -2.20. The molecule has 0 saturated carbocycles. The first-order valence-corrected chi connectivity index (χ1v) is 11.8. The molecule has 3 aromatic rings. The molecular weight excluding hydrogens is 484 g/mol. The number of amides is 1. The van der Waals surface area contributed by atoms with Crippen molar-refractivity contribution in [3.05, 3.63) is 91.3 Å². The zero-order valence-corrected chi connectivity index (χ0v) is 20.7. The minimum atomic E-state index is -3.11. The van der Waals surface area contributed by atoms with Crippen molar-refractivity contribution in [1.82, 2.24) is 9.13 Å². The number of carbonyl (C=O) groups is 2. The summed E-state index contributed by atoms with van der Waals surface area (Å²) in [6.07, 6.45) is 1.38. The summed E-state index contributed by atoms with van der Waals surface area (Å²) in [5.74, 6) is -4.76. The number of aromatic nitrogens is 2. The maximum Gasteiger partial charge on any atom is 0.342 e. The Morgan fingerprint density at radius 1 is 1.14 bits per heavy atom. The van der Waals surface area contributed by atoms with E-state index < -0.39 is 40.2 Å². The zero-order valence-electron chi connectivity index (χ0n) is 20.7. The predicted molar refractivity (Wildman–Crippen MR) is 132 cm³/mol. The summed E-state index contributed by atoms with van der Waals surface area (Å²) in [5.41, 5.74) is -1.12. The van der Waals surface area contributed by atoms with Crippen LogP contribution in [0.5, 0.6) is 0 Å². The molecular formula is C27H25F2N3O5. The Kier molecular flexibility index (Phi) is 5.29. The van der Waals surface area contributed by atoms with E-state index in [-0.39, 0.29) is 30.0 Å². The molecule has 0 fully saturated rings. The third-order valence-electron chi connectivity index (χ3n) is 7.51. The van der Waals surface area contributed by atoms with Crippen LogP contribution in [0.4, 0.5) is 14.5 Å². The van der Waals surface area contributed by atoms with Crippen molar-refractivity contribution >= 4 is 17.6 Å². The van der Waals surface area contributed by atoms with Gasteiger partial charge in [0.25, 0.3) is 11.5 Å². The molecule has 8 nitrogen and oxygen atoms in total. The van der Waals surface area contributed by atoms with Gasteiger partial charge in [0.05, 0.1) is 17.1 Å². The van der Waals surface area contributed by atoms with Crippen molar-refractivity contribution in [3.8, 4) is 5.69 Å². The van der Waals surface area contributed by atoms with Crippen LogP contribution < -0.4 is 16.1 Å². The SMILES string of the molecule is CN1C(=O)C(C)(C)c2cc(-n3cc(C(=O)O)c(=O)n([C@@H]4CCc5c4cccc5C(C)(F)F)c3=O)ccc21. The van der Waals surface area contributed by atoms with E-state index in [4.69, 9.17) is 0 Å². The number of benzene rings is 2. The number of carbonyl (C=O) groups excluding carboxylic acids is 1. The van der Waals surface area contributed by atoms with Crippen LogP contribution in [0.15, 0.2) is 52.2 Å². The summed E-state index contributed by atoms with van der Waals surface area (Å²) >= 11 is 0. The van der Waals surface area contributed by atoms with Gasteiger partial charge in [0, 0.05) is 31.4 Å². The Labute approximate surface area is 210 Å². The van der Waals surface area contributed by atoms with E-state index in [2.05, 4.69) is 0 Å². The van der Waals surface area contributed by atoms with Crippen LogP contribution in [0.2, 0.25) is 0 Å². The Bertz CT molecular complexity index is 1610. The molecule has 2 aromatic carbocycles. The van der Waals surface area contributed by atoms with E-state index >= 15 is 0 Å². The fourth-order valence-corrected chi connectivity index (χ4v) is 5.60. The number of nitrogens with zero attached hydrogens (tertiary/aromatic N) is 3. The van der Waals surface area contributed by atoms with Crippen molar-refractivity contribution in [3.63, 3.8) is 0 Å². The first-order valence-electron chi connectivity index (χ1n) is 11.8. The molecule has 1 aliphatic carbocycles. The van der Waals surface area contributed by atoms with Crippen LogP contribution in [-0.4, -0.2) is 33.2 Å². The number of aromatic carboxylic acids is 1. The number of alkyl halides is 2. The number of hydrogen-bond donors (Lipinski definition) is 1. The Morgan fingerprint density at radius 3 is 2.49 bits per heavy atom. The molecule has 192 valence electrons. The smallest absolute Gasteiger partial charge is 0.342 e. The lowest BCUT2D eigenvalue weighted by Crippen LogP contribution is -2.43. The second kappa shape index (κ2) is 7.96. The monoisotopic (exact) mass is 509 g/mol. The second-order valence-corrected chi connectivity index (χ2v) is 10.2. The number of halogens is 2. The molecule has 0 saturated heterocycles. The molecule has 1 amide bonds. The van der Waals surface area contributed by atoms with E-state index in [9.17, 15) is 33.1 Å². The number of anilines is 1. The van der Waals surface area contributed by atoms with E-state index in [0.29, 0.717) is 22.4 Å². The van der Waals surface area contributed by atoms with Crippen molar-refractivity contribution in [2.45, 2.75) is 51.0 Å². The van der Waals surface area contributed by atoms with Gasteiger partial charge in [0.1, 0.15) is 5.56 Å². The Hall–Kier alpha value is -4.08. The fourth-order valence-electron chi connectivity index (χ4n) is 5.60. The molecule has 1 aromatic heterocycles. The molecule has 0 unspecified atom stereocenters. The van der Waals surface area contributed by atoms with Gasteiger partial charge in [-0.25, -0.2) is 18.4 Å². The molecule has 10 heteroatoms. The van der Waals surface area contributed by atoms with Crippen LogP contribution in [0.25, 0.3) is 5.69 Å². The highest BCUT2D eigenvalue weighted by Gasteiger charge is 2.42. The average Bonchev–Trinajstić information content (AvgIpc) is 3.32. The number of hydrogen-bond acceptors (Lipinski definition) is 4. The first kappa shape index (κ1) is 24.6. The Morgan fingerprint density at radius 2 is 1.84 bits per heavy atom. The summed E-state index contributed by atoms with van der Waals surface area (Å²) in [7, 11) is 1.65. The molecule has 1 aliphatic heterocycles. The highest BCUT2D eigenvalue weighted by atomic mass is 19.3. The molecule has 0 bridgehead atoms. The number of carboxylic acid groups (broad SMARTS) is 1. The van der Waals surface area contributed by atoms with Gasteiger partial charge in [-0.05, 0) is 61.6 Å². The lowest BCUT2D eigenvalue weighted by molar-refractivity contribution is -0.121. The van der Waals surface area contributed by atoms with Gasteiger partial charge in [-0.3, -0.25) is 18.7 Å². The van der Waals surface area contributed by atoms with Gasteiger partial charge < -0.3 is 10.0 Å². The topological polar surface area (TPSA) is 102 Å². The van der Waals surface area contributed by atoms with Crippen molar-refractivity contribution in [1.29, 1.82) is 0 Å². The third kappa shape index (κ3) is 3.53. The molecule has 1 N–H and O–H groups in total. The minimum Gasteiger partial charge on any atom is -0.477 e. The van der Waals surface area contributed by atoms with Crippen LogP contribution in [-0.2, 0) is 22.6 Å². The molecule has 2 aliphatic rings. The number of likely N-dealkylation sites (N-methyl/N-ethyl adjacent to an activating group) is 1. The van der Waals surface area contributed by atoms with Gasteiger partial charge in [-0.2, -0.15) is 0 Å². The van der Waals surface area contributed by atoms with Crippen LogP contribution in [0, 0.1) is 0 Å². The van der Waals surface area contributed by atoms with E-state index in [1.807, 2.05) is 0 Å². The van der Waals surface area contributed by atoms with Gasteiger partial charge >= 0.3 is 11.7 Å². The second-order valence-electron chi connectivity index (χ2n) is 10.2. The molecule has 5 rings (SSSR count). The quantitative estimate of drug-likeness (QED) is 0.579. The van der Waals surface area contributed by atoms with Crippen LogP contribution in [0.3, 0.4) is 0 Å². The predicted octanol–water partition coefficient (Wildman–Crippen LogP) is 3.60. The largest absolute Gasteiger partial charge is 0.477 e. The molecule has 0 spiro atoms. The summed E-state index contributed by atoms with van der Waals surface area (Å²) in [4.78, 5) is 53.2. The molecule has 37 heavy (non-hydrogen) atoms. The maximum absolute atomic E-state index is 14.2. The summed E-state index contributed by atoms with van der Waals surface area (Å²) in [6, 6.07) is 8.33. The fraction of sp³-hybridized carbons (Fsp3) is 0.333. The highest BCUT2D eigenvalue weighted by Crippen LogP contribution is 2.42. The summed E-state index contributed by atoms with van der Waals surface area (Å²) in [5, 5.41) is 9.77. The Balaban J connectivity index is 1.74. The van der Waals surface area contributed by atoms with Crippen molar-refractivity contribution in [2.75, 3.05) is 11.9 Å². The van der Waals surface area contributed by atoms with Gasteiger partial charge in [0.2, 0.25) is 5.91 Å². The molecule has 1 atom stereocenters. The first-order chi connectivity index (χ1) is 17.2. The average molecular weight is 510 g/mol. The minimum absolute atomic E-state index is 0.130. The van der Waals surface area contributed by atoms with E-state index in [1.54, 1.807) is 45.2 Å². The molecule has 0 radical (unpaired) electrons. The normalized spacial score (nSPS) is 18.2. The van der Waals surface area contributed by atoms with Gasteiger partial charge in [-0.1, -0.05) is 18.2 Å². The van der Waals surface area contributed by atoms with Gasteiger partial charge in [-0.15, -0.1) is 0 Å². The van der Waals surface area contributed by atoms with Crippen LogP contribution >= 0.6 is 0 Å². The number of rotatable bonds is 4. The summed E-state index contributed by atoms with van der Waals surface area (Å²) < 4.78 is 30.4. The lowest BCUT2D eigenvalue weighted by atomic mass is 9.86. The molecule has 2 heterocycles. The van der Waals surface area contributed by atoms with E-state index in [0.717, 1.165) is 22.3 Å². The third-order valence-corrected chi connectivity index (χ3v) is 7.51. The van der Waals surface area contributed by atoms with Gasteiger partial charge in [0.15, 0.2) is 0 Å². The number of fused-ring (bicyclic) bond motifs is 2. The van der Waals surface area contributed by atoms with Crippen molar-refractivity contribution in [2.24, 2.45) is 0 Å². The van der Waals surface area contributed by atoms with E-state index in [1.165, 1.54) is 17.0 Å². The maximum atomic E-state index is 14.2. The van der Waals surface area contributed by atoms with Crippen molar-refractivity contribution < 1.29 is 23.5 Å². The highest BCUT2D eigenvalue weighted by molar-refractivity contribution is 6.07. The van der Waals surface area contributed by atoms with Crippen LogP contribution in [0.1, 0.15) is 65.8 Å². The zero-order chi connectivity index (χ0) is 27.0. The summed E-state index contributed by atoms with van der Waals surface area (Å²) in [6.45, 7) is 4.30. The standard InChI is InChI=1S/C27H25F2N3O5/c1-26(2)19-12-14(8-10-21(19)30(4)24(26)36)31-13-17(23(34)35)22(33)32(25(31)37)20-11-9-15-16(20)6-5-7-18(15)27(3,28)29/h5-8,10,12-13,20H,9,11H2,1-4H3,(H,34,35)/t20-/m1/s1. The number of carboxylic acids is 1.